The molecule has 1 aliphatic rings. The van der Waals surface area contributed by atoms with Gasteiger partial charge in [-0.15, -0.1) is 0 Å². The molecule has 0 aromatic heterocycles. The summed E-state index contributed by atoms with van der Waals surface area (Å²) in [5, 5.41) is 8.77. The van der Waals surface area contributed by atoms with E-state index < -0.39 is 21.3 Å². The van der Waals surface area contributed by atoms with Gasteiger partial charge in [0.25, 0.3) is 0 Å². The van der Waals surface area contributed by atoms with Crippen LogP contribution in [0.15, 0.2) is 18.2 Å². The molecule has 2 rings (SSSR count). The Kier molecular flexibility index (Phi) is 2.99. The van der Waals surface area contributed by atoms with Gasteiger partial charge in [-0.25, -0.2) is 4.21 Å². The van der Waals surface area contributed by atoms with E-state index in [1.165, 1.54) is 18.2 Å². The number of anilines is 1. The number of alkyl halides is 3. The zero-order chi connectivity index (χ0) is 14.4. The maximum absolute atomic E-state index is 12.8. The fourth-order valence-corrected chi connectivity index (χ4v) is 3.05. The third-order valence-corrected chi connectivity index (χ3v) is 4.69. The number of halogens is 3. The van der Waals surface area contributed by atoms with Crippen molar-refractivity contribution in [2.45, 2.75) is 11.6 Å². The number of nitriles is 1. The molecule has 0 amide bonds. The van der Waals surface area contributed by atoms with Crippen LogP contribution in [0.1, 0.15) is 17.2 Å². The summed E-state index contributed by atoms with van der Waals surface area (Å²) in [7, 11) is -4.50. The van der Waals surface area contributed by atoms with Crippen LogP contribution in [-0.2, 0) is 9.71 Å². The van der Waals surface area contributed by atoms with Gasteiger partial charge in [0.05, 0.1) is 29.9 Å². The standard InChI is InChI=1S/C11H10F3N3OS/c1-19(18,11(12,13)14)17-6-9(16)8-3-2-7(5-15)4-10(8)17/h2-4,9H,1,6,16H2/t9-,19?/m0/s1. The predicted octanol–water partition coefficient (Wildman–Crippen LogP) is 1.53. The van der Waals surface area contributed by atoms with E-state index in [1.807, 2.05) is 6.07 Å². The molecule has 0 radical (unpaired) electrons. The molecule has 0 saturated carbocycles. The van der Waals surface area contributed by atoms with E-state index in [0.29, 0.717) is 9.87 Å². The van der Waals surface area contributed by atoms with E-state index in [9.17, 15) is 17.4 Å². The monoisotopic (exact) mass is 289 g/mol. The molecule has 1 unspecified atom stereocenters. The van der Waals surface area contributed by atoms with Crippen molar-refractivity contribution in [3.8, 4) is 6.07 Å². The molecular formula is C11H10F3N3OS. The quantitative estimate of drug-likeness (QED) is 0.797. The highest BCUT2D eigenvalue weighted by atomic mass is 32.2. The van der Waals surface area contributed by atoms with Crippen LogP contribution in [0, 0.1) is 11.3 Å². The summed E-state index contributed by atoms with van der Waals surface area (Å²) < 4.78 is 50.9. The molecule has 0 bridgehead atoms. The van der Waals surface area contributed by atoms with Gasteiger partial charge in [0.1, 0.15) is 9.71 Å². The summed E-state index contributed by atoms with van der Waals surface area (Å²) >= 11 is 0. The third kappa shape index (κ3) is 2.05. The number of rotatable bonds is 1. The lowest BCUT2D eigenvalue weighted by molar-refractivity contribution is -0.0394. The zero-order valence-electron chi connectivity index (χ0n) is 9.65. The molecule has 1 aromatic rings. The highest BCUT2D eigenvalue weighted by Crippen LogP contribution is 2.40. The number of fused-ring (bicyclic) bond motifs is 1. The third-order valence-electron chi connectivity index (χ3n) is 2.91. The fourth-order valence-electron chi connectivity index (χ4n) is 1.92. The molecule has 102 valence electrons. The number of nitrogens with two attached hydrogens (primary N) is 1. The van der Waals surface area contributed by atoms with Crippen molar-refractivity contribution in [3.63, 3.8) is 0 Å². The molecule has 0 aliphatic carbocycles. The van der Waals surface area contributed by atoms with E-state index in [1.54, 1.807) is 0 Å². The number of hydrogen-bond donors (Lipinski definition) is 1. The van der Waals surface area contributed by atoms with E-state index in [0.717, 1.165) is 0 Å². The van der Waals surface area contributed by atoms with E-state index in [4.69, 9.17) is 11.0 Å². The first kappa shape index (κ1) is 13.7. The van der Waals surface area contributed by atoms with Gasteiger partial charge in [-0.2, -0.15) is 18.4 Å². The lowest BCUT2D eigenvalue weighted by Crippen LogP contribution is -2.40. The van der Waals surface area contributed by atoms with Crippen molar-refractivity contribution in [2.75, 3.05) is 10.8 Å². The van der Waals surface area contributed by atoms with Crippen LogP contribution in [0.4, 0.5) is 18.9 Å². The average Bonchev–Trinajstić information content (AvgIpc) is 2.65. The second-order valence-corrected chi connectivity index (χ2v) is 6.32. The first-order valence-electron chi connectivity index (χ1n) is 5.19. The maximum atomic E-state index is 12.8. The first-order valence-corrected chi connectivity index (χ1v) is 6.87. The molecule has 1 aromatic carbocycles. The number of nitrogens with zero attached hydrogens (tertiary/aromatic N) is 2. The Morgan fingerprint density at radius 1 is 1.53 bits per heavy atom. The normalized spacial score (nSPS) is 21.6. The van der Waals surface area contributed by atoms with Gasteiger partial charge < -0.3 is 5.73 Å². The van der Waals surface area contributed by atoms with E-state index in [2.05, 4.69) is 5.87 Å². The van der Waals surface area contributed by atoms with Gasteiger partial charge in [-0.05, 0) is 23.6 Å². The smallest absolute Gasteiger partial charge is 0.322 e. The van der Waals surface area contributed by atoms with Gasteiger partial charge >= 0.3 is 5.51 Å². The van der Waals surface area contributed by atoms with Crippen LogP contribution in [-0.4, -0.2) is 22.1 Å². The van der Waals surface area contributed by atoms with Gasteiger partial charge in [-0.3, -0.25) is 4.31 Å². The Morgan fingerprint density at radius 2 is 2.16 bits per heavy atom. The Labute approximate surface area is 108 Å². The summed E-state index contributed by atoms with van der Waals surface area (Å²) in [6.07, 6.45) is 0. The lowest BCUT2D eigenvalue weighted by atomic mass is 10.1. The molecule has 0 fully saturated rings. The van der Waals surface area contributed by atoms with Crippen molar-refractivity contribution in [2.24, 2.45) is 5.73 Å². The topological polar surface area (TPSA) is 70.1 Å². The largest absolute Gasteiger partial charge is 0.481 e. The summed E-state index contributed by atoms with van der Waals surface area (Å²) in [5.74, 6) is 2.80. The van der Waals surface area contributed by atoms with Crippen LogP contribution < -0.4 is 10.0 Å². The Bertz CT molecular complexity index is 661. The molecule has 2 atom stereocenters. The van der Waals surface area contributed by atoms with Crippen molar-refractivity contribution in [1.82, 2.24) is 0 Å². The summed E-state index contributed by atoms with van der Waals surface area (Å²) in [5.41, 5.74) is 1.43. The Hall–Kier alpha value is -1.72. The molecular weight excluding hydrogens is 279 g/mol. The first-order chi connectivity index (χ1) is 8.68. The Balaban J connectivity index is 2.59. The summed E-state index contributed by atoms with van der Waals surface area (Å²) in [6.45, 7) is -0.244. The fraction of sp³-hybridized carbons (Fsp3) is 0.273. The van der Waals surface area contributed by atoms with Crippen molar-refractivity contribution in [1.29, 1.82) is 5.26 Å². The highest BCUT2D eigenvalue weighted by molar-refractivity contribution is 8.02. The molecule has 8 heteroatoms. The average molecular weight is 289 g/mol. The van der Waals surface area contributed by atoms with Crippen LogP contribution in [0.25, 0.3) is 0 Å². The predicted molar refractivity (Wildman–Crippen MR) is 66.7 cm³/mol. The van der Waals surface area contributed by atoms with Gasteiger partial charge in [0, 0.05) is 0 Å². The minimum Gasteiger partial charge on any atom is -0.322 e. The van der Waals surface area contributed by atoms with Crippen LogP contribution in [0.3, 0.4) is 0 Å². The minimum absolute atomic E-state index is 0.0591. The second-order valence-electron chi connectivity index (χ2n) is 4.14. The molecule has 19 heavy (non-hydrogen) atoms. The zero-order valence-corrected chi connectivity index (χ0v) is 10.5. The molecule has 0 saturated heterocycles. The molecule has 1 aliphatic heterocycles. The van der Waals surface area contributed by atoms with E-state index in [-0.39, 0.29) is 17.8 Å². The van der Waals surface area contributed by atoms with Crippen molar-refractivity contribution in [3.05, 3.63) is 29.3 Å². The van der Waals surface area contributed by atoms with Gasteiger partial charge in [0.2, 0.25) is 0 Å². The van der Waals surface area contributed by atoms with Crippen molar-refractivity contribution >= 4 is 21.3 Å². The molecule has 2 N–H and O–H groups in total. The highest BCUT2D eigenvalue weighted by Gasteiger charge is 2.47. The molecule has 0 spiro atoms. The lowest BCUT2D eigenvalue weighted by Gasteiger charge is -2.25. The van der Waals surface area contributed by atoms with E-state index >= 15 is 0 Å². The molecule has 4 nitrogen and oxygen atoms in total. The summed E-state index contributed by atoms with van der Waals surface area (Å²) in [6, 6.07) is 5.32. The van der Waals surface area contributed by atoms with Crippen LogP contribution in [0.2, 0.25) is 0 Å². The molecule has 1 heterocycles. The van der Waals surface area contributed by atoms with Crippen LogP contribution >= 0.6 is 0 Å². The van der Waals surface area contributed by atoms with Crippen LogP contribution in [0.5, 0.6) is 0 Å². The number of hydrogen-bond acceptors (Lipinski definition) is 3. The SMILES string of the molecule is C=S(=O)(N1C[C@H](N)c2ccc(C#N)cc21)C(F)(F)F. The summed E-state index contributed by atoms with van der Waals surface area (Å²) in [4.78, 5) is 0. The number of benzene rings is 1. The van der Waals surface area contributed by atoms with Gasteiger partial charge in [0.15, 0.2) is 0 Å². The van der Waals surface area contributed by atoms with Crippen molar-refractivity contribution < 1.29 is 17.4 Å². The maximum Gasteiger partial charge on any atom is 0.481 e. The Morgan fingerprint density at radius 3 is 2.68 bits per heavy atom. The minimum atomic E-state index is -4.96. The second kappa shape index (κ2) is 4.15. The van der Waals surface area contributed by atoms with Gasteiger partial charge in [-0.1, -0.05) is 6.07 Å².